The molecule has 0 saturated carbocycles. The molecule has 0 unspecified atom stereocenters. The van der Waals surface area contributed by atoms with Gasteiger partial charge in [-0.25, -0.2) is 4.98 Å². The van der Waals surface area contributed by atoms with Crippen LogP contribution in [0.4, 0.5) is 19.0 Å². The van der Waals surface area contributed by atoms with Crippen LogP contribution in [0.5, 0.6) is 0 Å². The smallest absolute Gasteiger partial charge is 0.307 e. The Morgan fingerprint density at radius 2 is 1.76 bits per heavy atom. The number of nitrogens with zero attached hydrogens (tertiary/aromatic N) is 3. The Hall–Kier alpha value is -3.68. The van der Waals surface area contributed by atoms with Gasteiger partial charge in [0.2, 0.25) is 0 Å². The Bertz CT molecular complexity index is 1200. The van der Waals surface area contributed by atoms with Crippen LogP contribution in [0, 0.1) is 0 Å². The number of hydrogen-bond acceptors (Lipinski definition) is 3. The Balaban J connectivity index is 1.60. The molecule has 0 bridgehead atoms. The first-order valence-electron chi connectivity index (χ1n) is 8.70. The Labute approximate surface area is 163 Å². The van der Waals surface area contributed by atoms with Crippen molar-refractivity contribution in [1.82, 2.24) is 14.8 Å². The summed E-state index contributed by atoms with van der Waals surface area (Å²) in [5.41, 5.74) is 1.74. The van der Waals surface area contributed by atoms with Crippen LogP contribution in [-0.2, 0) is 13.2 Å². The van der Waals surface area contributed by atoms with Gasteiger partial charge in [-0.2, -0.15) is 18.3 Å². The molecule has 4 rings (SSSR count). The second kappa shape index (κ2) is 7.05. The number of pyridine rings is 1. The summed E-state index contributed by atoms with van der Waals surface area (Å²) >= 11 is 0. The van der Waals surface area contributed by atoms with Gasteiger partial charge in [0.25, 0.3) is 5.91 Å². The van der Waals surface area contributed by atoms with Crippen LogP contribution in [0.1, 0.15) is 16.1 Å². The fourth-order valence-corrected chi connectivity index (χ4v) is 2.95. The molecule has 0 fully saturated rings. The van der Waals surface area contributed by atoms with Crippen molar-refractivity contribution in [2.24, 2.45) is 7.05 Å². The van der Waals surface area contributed by atoms with Gasteiger partial charge in [0.05, 0.1) is 11.2 Å². The predicted molar refractivity (Wildman–Crippen MR) is 103 cm³/mol. The number of hydrogen-bond donors (Lipinski definition) is 1. The molecule has 2 aromatic heterocycles. The highest BCUT2D eigenvalue weighted by Gasteiger charge is 2.34. The van der Waals surface area contributed by atoms with E-state index < -0.39 is 17.8 Å². The minimum absolute atomic E-state index is 0.0417. The van der Waals surface area contributed by atoms with E-state index in [2.05, 4.69) is 15.4 Å². The van der Waals surface area contributed by atoms with Crippen molar-refractivity contribution in [3.63, 3.8) is 0 Å². The van der Waals surface area contributed by atoms with Crippen LogP contribution >= 0.6 is 0 Å². The average molecular weight is 396 g/mol. The molecule has 1 amide bonds. The third-order valence-electron chi connectivity index (χ3n) is 4.43. The monoisotopic (exact) mass is 396 g/mol. The van der Waals surface area contributed by atoms with Crippen LogP contribution in [0.2, 0.25) is 0 Å². The number of carbonyl (C=O) groups is 1. The summed E-state index contributed by atoms with van der Waals surface area (Å²) < 4.78 is 39.3. The van der Waals surface area contributed by atoms with Crippen LogP contribution < -0.4 is 5.32 Å². The van der Waals surface area contributed by atoms with Crippen LogP contribution in [0.25, 0.3) is 22.2 Å². The third kappa shape index (κ3) is 3.82. The average Bonchev–Trinajstić information content (AvgIpc) is 3.08. The van der Waals surface area contributed by atoms with E-state index in [1.807, 2.05) is 42.5 Å². The predicted octanol–water partition coefficient (Wildman–Crippen LogP) is 4.91. The van der Waals surface area contributed by atoms with Gasteiger partial charge < -0.3 is 5.32 Å². The van der Waals surface area contributed by atoms with Crippen molar-refractivity contribution in [2.75, 3.05) is 5.32 Å². The summed E-state index contributed by atoms with van der Waals surface area (Å²) in [5.74, 6) is -0.573. The summed E-state index contributed by atoms with van der Waals surface area (Å²) in [6.07, 6.45) is -4.58. The van der Waals surface area contributed by atoms with E-state index in [1.54, 1.807) is 18.2 Å². The van der Waals surface area contributed by atoms with Crippen molar-refractivity contribution in [3.05, 3.63) is 78.0 Å². The van der Waals surface area contributed by atoms with Crippen molar-refractivity contribution in [2.45, 2.75) is 6.18 Å². The summed E-state index contributed by atoms with van der Waals surface area (Å²) in [6.45, 7) is 0. The molecule has 0 spiro atoms. The maximum atomic E-state index is 12.8. The first-order valence-corrected chi connectivity index (χ1v) is 8.70. The lowest BCUT2D eigenvalue weighted by atomic mass is 10.1. The van der Waals surface area contributed by atoms with E-state index in [-0.39, 0.29) is 5.82 Å². The van der Waals surface area contributed by atoms with Crippen LogP contribution in [-0.4, -0.2) is 20.7 Å². The first-order chi connectivity index (χ1) is 13.8. The topological polar surface area (TPSA) is 59.8 Å². The molecule has 0 aliphatic rings. The number of anilines is 1. The van der Waals surface area contributed by atoms with E-state index in [0.717, 1.165) is 27.4 Å². The zero-order valence-corrected chi connectivity index (χ0v) is 15.2. The molecule has 146 valence electrons. The number of amides is 1. The van der Waals surface area contributed by atoms with Gasteiger partial charge in [-0.15, -0.1) is 0 Å². The maximum absolute atomic E-state index is 12.8. The molecule has 0 radical (unpaired) electrons. The second-order valence-electron chi connectivity index (χ2n) is 6.46. The highest BCUT2D eigenvalue weighted by molar-refractivity contribution is 6.06. The largest absolute Gasteiger partial charge is 0.435 e. The number of nitrogens with one attached hydrogen (secondary N) is 1. The van der Waals surface area contributed by atoms with Gasteiger partial charge in [0.15, 0.2) is 5.69 Å². The lowest BCUT2D eigenvalue weighted by Crippen LogP contribution is -2.14. The lowest BCUT2D eigenvalue weighted by molar-refractivity contribution is -0.141. The van der Waals surface area contributed by atoms with Gasteiger partial charge in [-0.1, -0.05) is 36.4 Å². The molecule has 29 heavy (non-hydrogen) atoms. The highest BCUT2D eigenvalue weighted by Crippen LogP contribution is 2.30. The number of rotatable bonds is 3. The molecule has 4 aromatic rings. The molecule has 0 atom stereocenters. The van der Waals surface area contributed by atoms with E-state index in [0.29, 0.717) is 11.1 Å². The summed E-state index contributed by atoms with van der Waals surface area (Å²) in [7, 11) is 1.33. The van der Waals surface area contributed by atoms with Crippen molar-refractivity contribution < 1.29 is 18.0 Å². The summed E-state index contributed by atoms with van der Waals surface area (Å²) in [5, 5.41) is 6.59. The molecule has 2 heterocycles. The fourth-order valence-electron chi connectivity index (χ4n) is 2.95. The highest BCUT2D eigenvalue weighted by atomic mass is 19.4. The van der Waals surface area contributed by atoms with Crippen molar-refractivity contribution in [1.29, 1.82) is 0 Å². The van der Waals surface area contributed by atoms with Crippen LogP contribution in [0.3, 0.4) is 0 Å². The van der Waals surface area contributed by atoms with E-state index in [9.17, 15) is 18.0 Å². The maximum Gasteiger partial charge on any atom is 0.435 e. The SMILES string of the molecule is Cn1nc(C(F)(F)F)cc1NC(=O)c1ccc2nc(-c3ccccc3)ccc2c1. The zero-order chi connectivity index (χ0) is 20.6. The van der Waals surface area contributed by atoms with Gasteiger partial charge in [-0.3, -0.25) is 9.48 Å². The Morgan fingerprint density at radius 3 is 2.45 bits per heavy atom. The lowest BCUT2D eigenvalue weighted by Gasteiger charge is -2.07. The number of fused-ring (bicyclic) bond motifs is 1. The van der Waals surface area contributed by atoms with E-state index in [1.165, 1.54) is 7.05 Å². The van der Waals surface area contributed by atoms with Gasteiger partial charge in [0.1, 0.15) is 5.82 Å². The quantitative estimate of drug-likeness (QED) is 0.536. The number of aryl methyl sites for hydroxylation is 1. The molecule has 0 aliphatic carbocycles. The third-order valence-corrected chi connectivity index (χ3v) is 4.43. The number of alkyl halides is 3. The molecule has 5 nitrogen and oxygen atoms in total. The zero-order valence-electron chi connectivity index (χ0n) is 15.2. The summed E-state index contributed by atoms with van der Waals surface area (Å²) in [4.78, 5) is 17.1. The van der Waals surface area contributed by atoms with Crippen molar-refractivity contribution in [3.8, 4) is 11.3 Å². The second-order valence-corrected chi connectivity index (χ2v) is 6.46. The number of halogens is 3. The van der Waals surface area contributed by atoms with Gasteiger partial charge in [-0.05, 0) is 24.3 Å². The van der Waals surface area contributed by atoms with Gasteiger partial charge >= 0.3 is 6.18 Å². The number of aromatic nitrogens is 3. The summed E-state index contributed by atoms with van der Waals surface area (Å²) in [6, 6.07) is 19.1. The Kier molecular flexibility index (Phi) is 4.54. The van der Waals surface area contributed by atoms with E-state index >= 15 is 0 Å². The minimum Gasteiger partial charge on any atom is -0.307 e. The van der Waals surface area contributed by atoms with E-state index in [4.69, 9.17) is 0 Å². The molecular weight excluding hydrogens is 381 g/mol. The number of benzene rings is 2. The minimum atomic E-state index is -4.58. The standard InChI is InChI=1S/C21H15F3N4O/c1-28-19(12-18(27-28)21(22,23)24)26-20(29)15-8-10-17-14(11-15)7-9-16(25-17)13-5-3-2-4-6-13/h2-12H,1H3,(H,26,29). The fraction of sp³-hybridized carbons (Fsp3) is 0.0952. The first kappa shape index (κ1) is 18.7. The number of carbonyl (C=O) groups excluding carboxylic acids is 1. The van der Waals surface area contributed by atoms with Crippen LogP contribution in [0.15, 0.2) is 66.7 Å². The van der Waals surface area contributed by atoms with Crippen molar-refractivity contribution >= 4 is 22.6 Å². The molecule has 0 saturated heterocycles. The molecule has 8 heteroatoms. The normalized spacial score (nSPS) is 11.6. The molecular formula is C21H15F3N4O. The van der Waals surface area contributed by atoms with Gasteiger partial charge in [0, 0.05) is 29.6 Å². The molecule has 2 aromatic carbocycles. The molecule has 0 aliphatic heterocycles. The Morgan fingerprint density at radius 1 is 1.00 bits per heavy atom. The molecule has 1 N–H and O–H groups in total.